The summed E-state index contributed by atoms with van der Waals surface area (Å²) in [6.45, 7) is 1.74. The highest BCUT2D eigenvalue weighted by Gasteiger charge is 2.53. The summed E-state index contributed by atoms with van der Waals surface area (Å²) < 4.78 is 28.6. The monoisotopic (exact) mass is 522 g/mol. The van der Waals surface area contributed by atoms with Crippen molar-refractivity contribution in [1.82, 2.24) is 14.6 Å². The summed E-state index contributed by atoms with van der Waals surface area (Å²) >= 11 is 9.95. The van der Waals surface area contributed by atoms with E-state index in [2.05, 4.69) is 14.6 Å². The van der Waals surface area contributed by atoms with E-state index < -0.39 is 20.4 Å². The predicted octanol–water partition coefficient (Wildman–Crippen LogP) is 3.73. The molecule has 6 aliphatic rings. The predicted molar refractivity (Wildman–Crippen MR) is 129 cm³/mol. The molecule has 4 bridgehead atoms. The molecule has 7 heterocycles. The molecule has 1 aromatic carbocycles. The van der Waals surface area contributed by atoms with Gasteiger partial charge in [0.15, 0.2) is 0 Å². The summed E-state index contributed by atoms with van der Waals surface area (Å²) in [6.07, 6.45) is 6.35. The number of rotatable bonds is 2. The van der Waals surface area contributed by atoms with Crippen LogP contribution in [0.4, 0.5) is 5.69 Å². The first kappa shape index (κ1) is 22.0. The summed E-state index contributed by atoms with van der Waals surface area (Å²) in [6, 6.07) is 7.44. The van der Waals surface area contributed by atoms with Gasteiger partial charge in [-0.15, -0.1) is 0 Å². The largest absolute Gasteiger partial charge is 0.371 e. The molecule has 2 atom stereocenters. The number of sulfonamides is 1. The average molecular weight is 523 g/mol. The standard InChI is InChI=1S/C22H23ClN4O3S3/c23-19-1-6-22(13-25-33(29,30)16-11-17-20(32-22)18(12-16)31-17)27(19)21(28)14-4-9-26(10-5-14)15-2-7-24-8-3-15/h2-3,7-8,11-12,14,19,25H,1,4-6,9-10,13H2. The molecule has 6 aliphatic heterocycles. The van der Waals surface area contributed by atoms with E-state index >= 15 is 0 Å². The number of carbonyl (C=O) groups excluding carboxylic acids is 1. The maximum Gasteiger partial charge on any atom is 0.240 e. The minimum absolute atomic E-state index is 0.0416. The minimum Gasteiger partial charge on any atom is -0.371 e. The number of hydrogen-bond acceptors (Lipinski definition) is 7. The Kier molecular flexibility index (Phi) is 5.37. The van der Waals surface area contributed by atoms with Crippen molar-refractivity contribution < 1.29 is 13.2 Å². The quantitative estimate of drug-likeness (QED) is 0.405. The van der Waals surface area contributed by atoms with E-state index in [0.29, 0.717) is 17.7 Å². The molecule has 0 radical (unpaired) electrons. The Morgan fingerprint density at radius 2 is 1.85 bits per heavy atom. The number of halogens is 1. The number of benzene rings is 1. The Bertz CT molecular complexity index is 1200. The molecule has 8 rings (SSSR count). The lowest BCUT2D eigenvalue weighted by Crippen LogP contribution is -2.56. The summed E-state index contributed by atoms with van der Waals surface area (Å²) in [5, 5.41) is 0. The van der Waals surface area contributed by atoms with Gasteiger partial charge in [0.1, 0.15) is 10.4 Å². The van der Waals surface area contributed by atoms with Gasteiger partial charge in [0.25, 0.3) is 0 Å². The summed E-state index contributed by atoms with van der Waals surface area (Å²) in [4.78, 5) is 24.6. The molecule has 174 valence electrons. The SMILES string of the molecule is O=C(C1CCN(c2ccncc2)CC1)N1C(Cl)CCC12CNS(=O)(=O)c1cc3c(c(c1)S3)S2. The molecule has 2 saturated heterocycles. The summed E-state index contributed by atoms with van der Waals surface area (Å²) in [5.74, 6) is -0.0814. The van der Waals surface area contributed by atoms with E-state index in [1.54, 1.807) is 53.0 Å². The first-order valence-electron chi connectivity index (χ1n) is 11.0. The molecule has 1 amide bonds. The van der Waals surface area contributed by atoms with E-state index in [0.717, 1.165) is 46.3 Å². The Balaban J connectivity index is 1.26. The summed E-state index contributed by atoms with van der Waals surface area (Å²) in [7, 11) is -3.63. The molecule has 1 spiro atoms. The van der Waals surface area contributed by atoms with Gasteiger partial charge in [-0.05, 0) is 49.9 Å². The number of likely N-dealkylation sites (tertiary alicyclic amines) is 1. The molecule has 2 aromatic rings. The first-order chi connectivity index (χ1) is 15.9. The number of thioether (sulfide) groups is 1. The molecule has 33 heavy (non-hydrogen) atoms. The smallest absolute Gasteiger partial charge is 0.240 e. The Morgan fingerprint density at radius 1 is 1.15 bits per heavy atom. The van der Waals surface area contributed by atoms with Gasteiger partial charge in [-0.3, -0.25) is 9.78 Å². The van der Waals surface area contributed by atoms with Crippen molar-refractivity contribution >= 4 is 56.7 Å². The van der Waals surface area contributed by atoms with Gasteiger partial charge in [0.2, 0.25) is 15.9 Å². The van der Waals surface area contributed by atoms with Gasteiger partial charge in [0, 0.05) is 58.3 Å². The van der Waals surface area contributed by atoms with E-state index in [1.807, 2.05) is 12.1 Å². The van der Waals surface area contributed by atoms with Crippen LogP contribution in [0.5, 0.6) is 0 Å². The fourth-order valence-electron chi connectivity index (χ4n) is 5.15. The zero-order valence-electron chi connectivity index (χ0n) is 17.7. The van der Waals surface area contributed by atoms with E-state index in [1.165, 1.54) is 0 Å². The number of nitrogens with one attached hydrogen (secondary N) is 1. The highest BCUT2D eigenvalue weighted by Crippen LogP contribution is 2.59. The third kappa shape index (κ3) is 3.65. The normalized spacial score (nSPS) is 28.3. The molecule has 2 fully saturated rings. The van der Waals surface area contributed by atoms with Crippen LogP contribution in [0, 0.1) is 5.92 Å². The van der Waals surface area contributed by atoms with Crippen molar-refractivity contribution in [2.45, 2.75) is 55.6 Å². The van der Waals surface area contributed by atoms with Crippen LogP contribution < -0.4 is 9.62 Å². The number of carbonyl (C=O) groups is 1. The fourth-order valence-corrected chi connectivity index (χ4v) is 9.72. The second kappa shape index (κ2) is 8.05. The average Bonchev–Trinajstić information content (AvgIpc) is 3.19. The second-order valence-corrected chi connectivity index (χ2v) is 13.6. The van der Waals surface area contributed by atoms with Crippen molar-refractivity contribution in [1.29, 1.82) is 0 Å². The second-order valence-electron chi connectivity index (χ2n) is 8.87. The van der Waals surface area contributed by atoms with Gasteiger partial charge < -0.3 is 9.80 Å². The van der Waals surface area contributed by atoms with E-state index in [-0.39, 0.29) is 18.4 Å². The lowest BCUT2D eigenvalue weighted by atomic mass is 9.94. The molecule has 0 saturated carbocycles. The number of piperidine rings is 1. The summed E-state index contributed by atoms with van der Waals surface area (Å²) in [5.41, 5.74) is 0.679. The van der Waals surface area contributed by atoms with E-state index in [9.17, 15) is 13.2 Å². The fraction of sp³-hybridized carbons (Fsp3) is 0.455. The van der Waals surface area contributed by atoms with Gasteiger partial charge in [-0.25, -0.2) is 13.1 Å². The third-order valence-electron chi connectivity index (χ3n) is 6.96. The van der Waals surface area contributed by atoms with Crippen LogP contribution in [-0.4, -0.2) is 54.2 Å². The number of aromatic nitrogens is 1. The molecule has 11 heteroatoms. The Labute approximate surface area is 206 Å². The highest BCUT2D eigenvalue weighted by molar-refractivity contribution is 8.06. The van der Waals surface area contributed by atoms with Crippen molar-refractivity contribution in [2.24, 2.45) is 5.92 Å². The van der Waals surface area contributed by atoms with Gasteiger partial charge >= 0.3 is 0 Å². The van der Waals surface area contributed by atoms with Gasteiger partial charge in [-0.1, -0.05) is 35.1 Å². The van der Waals surface area contributed by atoms with Crippen LogP contribution in [0.3, 0.4) is 0 Å². The van der Waals surface area contributed by atoms with Crippen molar-refractivity contribution in [3.8, 4) is 0 Å². The Hall–Kier alpha value is -1.46. The number of anilines is 1. The van der Waals surface area contributed by atoms with Crippen LogP contribution in [0.2, 0.25) is 0 Å². The zero-order chi connectivity index (χ0) is 22.8. The lowest BCUT2D eigenvalue weighted by Gasteiger charge is -2.43. The number of amides is 1. The molecule has 2 unspecified atom stereocenters. The number of pyridine rings is 1. The van der Waals surface area contributed by atoms with Crippen molar-refractivity contribution in [3.63, 3.8) is 0 Å². The van der Waals surface area contributed by atoms with Crippen LogP contribution in [-0.2, 0) is 14.8 Å². The molecule has 7 nitrogen and oxygen atoms in total. The maximum absolute atomic E-state index is 13.8. The molecular weight excluding hydrogens is 500 g/mol. The van der Waals surface area contributed by atoms with Crippen molar-refractivity contribution in [2.75, 3.05) is 24.5 Å². The minimum atomic E-state index is -3.63. The van der Waals surface area contributed by atoms with Gasteiger partial charge in [0.05, 0.1) is 4.90 Å². The number of fused-ring (bicyclic) bond motifs is 2. The first-order valence-corrected chi connectivity index (χ1v) is 14.6. The zero-order valence-corrected chi connectivity index (χ0v) is 20.9. The van der Waals surface area contributed by atoms with Crippen LogP contribution in [0.25, 0.3) is 0 Å². The maximum atomic E-state index is 13.8. The highest BCUT2D eigenvalue weighted by atomic mass is 35.5. The number of hydrogen-bond donors (Lipinski definition) is 1. The van der Waals surface area contributed by atoms with Gasteiger partial charge in [-0.2, -0.15) is 0 Å². The molecular formula is C22H23ClN4O3S3. The molecule has 0 aliphatic carbocycles. The number of alkyl halides is 1. The molecule has 1 N–H and O–H groups in total. The van der Waals surface area contributed by atoms with Crippen molar-refractivity contribution in [3.05, 3.63) is 36.7 Å². The third-order valence-corrected chi connectivity index (χ3v) is 11.7. The van der Waals surface area contributed by atoms with Crippen LogP contribution in [0.15, 0.2) is 56.2 Å². The van der Waals surface area contributed by atoms with E-state index in [4.69, 9.17) is 11.6 Å². The lowest BCUT2D eigenvalue weighted by molar-refractivity contribution is -0.138. The topological polar surface area (TPSA) is 82.6 Å². The number of nitrogens with zero attached hydrogens (tertiary/aromatic N) is 3. The van der Waals surface area contributed by atoms with Crippen LogP contribution in [0.1, 0.15) is 25.7 Å². The Morgan fingerprint density at radius 3 is 2.55 bits per heavy atom. The van der Waals surface area contributed by atoms with Crippen LogP contribution >= 0.6 is 35.1 Å². The molecule has 1 aromatic heterocycles.